The second-order valence-corrected chi connectivity index (χ2v) is 15.7. The van der Waals surface area contributed by atoms with Crippen LogP contribution in [-0.4, -0.2) is 29.0 Å². The number of hydrogen-bond acceptors (Lipinski definition) is 3. The Morgan fingerprint density at radius 3 is 2.26 bits per heavy atom. The fourth-order valence-electron chi connectivity index (χ4n) is 1.19. The maximum absolute atomic E-state index is 11.4. The molecular formula is C14H29HgNO3. The zero-order valence-electron chi connectivity index (χ0n) is 13.5. The van der Waals surface area contributed by atoms with Gasteiger partial charge >= 0.3 is 117 Å². The van der Waals surface area contributed by atoms with Crippen molar-refractivity contribution >= 4 is 11.7 Å². The Bertz CT molecular complexity index is 255. The van der Waals surface area contributed by atoms with Gasteiger partial charge in [0.25, 0.3) is 0 Å². The van der Waals surface area contributed by atoms with Crippen LogP contribution in [0.2, 0.25) is 2.92 Å². The van der Waals surface area contributed by atoms with E-state index in [0.717, 1.165) is 10.5 Å². The molecule has 5 heteroatoms. The Hall–Kier alpha value is 0.0351. The summed E-state index contributed by atoms with van der Waals surface area (Å²) in [6, 6.07) is 0. The molecule has 0 aliphatic heterocycles. The molecule has 0 aliphatic rings. The van der Waals surface area contributed by atoms with Crippen LogP contribution in [0, 0.1) is 0 Å². The number of hydrogen-bond donors (Lipinski definition) is 1. The molecule has 19 heavy (non-hydrogen) atoms. The number of carbonyl (C=O) groups excluding carboxylic acids is 2. The molecule has 0 heterocycles. The first kappa shape index (κ1) is 21.3. The molecule has 110 valence electrons. The van der Waals surface area contributed by atoms with Crippen molar-refractivity contribution in [2.45, 2.75) is 57.3 Å². The van der Waals surface area contributed by atoms with Gasteiger partial charge in [-0.1, -0.05) is 13.8 Å². The number of Topliss-reactive ketones (excluding diaryl/α,β-unsaturated/α-hetero) is 1. The third-order valence-corrected chi connectivity index (χ3v) is 11.6. The van der Waals surface area contributed by atoms with Crippen molar-refractivity contribution in [3.63, 3.8) is 0 Å². The minimum absolute atomic E-state index is 0.0421. The quantitative estimate of drug-likeness (QED) is 0.426. The molecule has 0 aromatic rings. The standard InChI is InChI=1S/C7H14NO2.C5H9O.C2H6.Hg/c1-3-5-10-6-4-7(9)8-2;1-4(2)5(3)6;1-2;/h2-6H2,1H3,(H,8,9);1-3H3;1-2H3;. The van der Waals surface area contributed by atoms with E-state index in [1.165, 1.54) is 0 Å². The molecule has 4 nitrogen and oxygen atoms in total. The van der Waals surface area contributed by atoms with Crippen LogP contribution in [0.5, 0.6) is 0 Å². The molecule has 0 saturated carbocycles. The van der Waals surface area contributed by atoms with E-state index in [4.69, 9.17) is 4.74 Å². The van der Waals surface area contributed by atoms with E-state index >= 15 is 0 Å². The van der Waals surface area contributed by atoms with Gasteiger partial charge in [0.1, 0.15) is 0 Å². The zero-order valence-corrected chi connectivity index (χ0v) is 19.0. The number of ketones is 1. The molecular weight excluding hydrogens is 431 g/mol. The van der Waals surface area contributed by atoms with E-state index in [2.05, 4.69) is 5.32 Å². The molecule has 0 radical (unpaired) electrons. The van der Waals surface area contributed by atoms with Gasteiger partial charge in [0.2, 0.25) is 0 Å². The molecule has 0 fully saturated rings. The second kappa shape index (κ2) is 13.0. The summed E-state index contributed by atoms with van der Waals surface area (Å²) in [5.41, 5.74) is 0. The predicted octanol–water partition coefficient (Wildman–Crippen LogP) is 2.77. The Morgan fingerprint density at radius 2 is 1.79 bits per heavy atom. The minimum atomic E-state index is -1.37. The van der Waals surface area contributed by atoms with E-state index in [-0.39, 0.29) is 14.6 Å². The summed E-state index contributed by atoms with van der Waals surface area (Å²) in [7, 11) is 0. The van der Waals surface area contributed by atoms with E-state index in [9.17, 15) is 9.59 Å². The molecule has 1 amide bonds. The van der Waals surface area contributed by atoms with Crippen LogP contribution < -0.4 is 5.32 Å². The van der Waals surface area contributed by atoms with Crippen LogP contribution in [0.4, 0.5) is 0 Å². The van der Waals surface area contributed by atoms with E-state index in [1.54, 1.807) is 6.92 Å². The fourth-order valence-corrected chi connectivity index (χ4v) is 6.56. The molecule has 0 unspecified atom stereocenters. The van der Waals surface area contributed by atoms with Gasteiger partial charge in [-0.15, -0.1) is 0 Å². The molecule has 1 N–H and O–H groups in total. The Morgan fingerprint density at radius 1 is 1.21 bits per heavy atom. The fraction of sp³-hybridized carbons (Fsp3) is 0.857. The second-order valence-electron chi connectivity index (χ2n) is 4.90. The topological polar surface area (TPSA) is 55.4 Å². The monoisotopic (exact) mass is 461 g/mol. The Labute approximate surface area is 130 Å². The van der Waals surface area contributed by atoms with Crippen LogP contribution in [0.1, 0.15) is 54.4 Å². The number of carbonyl (C=O) groups is 2. The zero-order chi connectivity index (χ0) is 15.3. The molecule has 0 aromatic heterocycles. The van der Waals surface area contributed by atoms with Crippen molar-refractivity contribution in [3.05, 3.63) is 0 Å². The van der Waals surface area contributed by atoms with Gasteiger partial charge in [-0.05, 0) is 0 Å². The van der Waals surface area contributed by atoms with Gasteiger partial charge in [0.15, 0.2) is 0 Å². The average Bonchev–Trinajstić information content (AvgIpc) is 2.36. The summed E-state index contributed by atoms with van der Waals surface area (Å²) in [5.74, 6) is 0.292. The molecule has 0 aromatic carbocycles. The van der Waals surface area contributed by atoms with Crippen LogP contribution >= 0.6 is 0 Å². The van der Waals surface area contributed by atoms with E-state index in [0.29, 0.717) is 19.6 Å². The van der Waals surface area contributed by atoms with Crippen molar-refractivity contribution in [2.24, 2.45) is 0 Å². The molecule has 0 atom stereocenters. The molecule has 0 aliphatic carbocycles. The summed E-state index contributed by atoms with van der Waals surface area (Å²) in [6.07, 6.45) is 1.40. The summed E-state index contributed by atoms with van der Waals surface area (Å²) >= 11 is -1.37. The van der Waals surface area contributed by atoms with E-state index in [1.807, 2.05) is 34.6 Å². The number of ether oxygens (including phenoxy) is 1. The number of rotatable bonds is 9. The van der Waals surface area contributed by atoms with Crippen molar-refractivity contribution in [1.82, 2.24) is 5.32 Å². The van der Waals surface area contributed by atoms with Crippen LogP contribution in [-0.2, 0) is 38.9 Å². The number of amides is 1. The average molecular weight is 460 g/mol. The summed E-state index contributed by atoms with van der Waals surface area (Å²) in [5, 5.41) is 2.90. The van der Waals surface area contributed by atoms with Gasteiger partial charge in [-0.3, -0.25) is 0 Å². The van der Waals surface area contributed by atoms with Crippen molar-refractivity contribution in [1.29, 1.82) is 0 Å². The predicted molar refractivity (Wildman–Crippen MR) is 74.8 cm³/mol. The number of nitrogens with one attached hydrogen (secondary N) is 1. The van der Waals surface area contributed by atoms with Crippen molar-refractivity contribution in [3.8, 4) is 0 Å². The van der Waals surface area contributed by atoms with Gasteiger partial charge in [0, 0.05) is 0 Å². The first-order chi connectivity index (χ1) is 8.90. The Kier molecular flexibility index (Phi) is 14.6. The third kappa shape index (κ3) is 12.8. The van der Waals surface area contributed by atoms with Gasteiger partial charge < -0.3 is 0 Å². The summed E-state index contributed by atoms with van der Waals surface area (Å²) < 4.78 is 5.87. The SMILES string of the molecule is CC.CCCOCCC(=O)N[CH2][Hg][C](C)(C)C(C)=O. The van der Waals surface area contributed by atoms with E-state index < -0.39 is 24.6 Å². The first-order valence-electron chi connectivity index (χ1n) is 7.25. The summed E-state index contributed by atoms with van der Waals surface area (Å²) in [4.78, 5) is 22.7. The first-order valence-corrected chi connectivity index (χ1v) is 13.9. The van der Waals surface area contributed by atoms with Crippen LogP contribution in [0.3, 0.4) is 0 Å². The van der Waals surface area contributed by atoms with Crippen LogP contribution in [0.15, 0.2) is 0 Å². The van der Waals surface area contributed by atoms with Crippen molar-refractivity contribution in [2.75, 3.05) is 17.3 Å². The molecule has 0 spiro atoms. The van der Waals surface area contributed by atoms with Gasteiger partial charge in [-0.25, -0.2) is 0 Å². The normalized spacial score (nSPS) is 10.0. The van der Waals surface area contributed by atoms with Crippen molar-refractivity contribution < 1.29 is 38.9 Å². The molecule has 0 bridgehead atoms. The summed E-state index contributed by atoms with van der Waals surface area (Å²) in [6.45, 7) is 12.9. The third-order valence-electron chi connectivity index (χ3n) is 2.85. The van der Waals surface area contributed by atoms with Gasteiger partial charge in [-0.2, -0.15) is 0 Å². The molecule has 0 rings (SSSR count). The van der Waals surface area contributed by atoms with Crippen LogP contribution in [0.25, 0.3) is 0 Å². The molecule has 0 saturated heterocycles. The Balaban J connectivity index is 0. The maximum atomic E-state index is 11.4. The van der Waals surface area contributed by atoms with Gasteiger partial charge in [0.05, 0.1) is 0 Å².